The molecule has 0 aliphatic carbocycles. The Labute approximate surface area is 116 Å². The van der Waals surface area contributed by atoms with Gasteiger partial charge in [0.05, 0.1) is 12.6 Å². The van der Waals surface area contributed by atoms with E-state index in [1.807, 2.05) is 6.07 Å². The van der Waals surface area contributed by atoms with Crippen LogP contribution < -0.4 is 5.32 Å². The van der Waals surface area contributed by atoms with Gasteiger partial charge in [-0.15, -0.1) is 0 Å². The van der Waals surface area contributed by atoms with Gasteiger partial charge in [-0.1, -0.05) is 36.4 Å². The Bertz CT molecular complexity index is 578. The number of carbonyl (C=O) groups is 1. The van der Waals surface area contributed by atoms with E-state index in [1.165, 1.54) is 18.2 Å². The van der Waals surface area contributed by atoms with Gasteiger partial charge in [-0.05, 0) is 17.7 Å². The number of aromatic hydroxyl groups is 2. The Hall–Kier alpha value is -2.53. The van der Waals surface area contributed by atoms with Crippen molar-refractivity contribution in [2.75, 3.05) is 6.61 Å². The summed E-state index contributed by atoms with van der Waals surface area (Å²) in [5.41, 5.74) is 0.528. The largest absolute Gasteiger partial charge is 0.507 e. The minimum absolute atomic E-state index is 0.207. The van der Waals surface area contributed by atoms with Gasteiger partial charge in [-0.25, -0.2) is 0 Å². The molecule has 1 atom stereocenters. The number of nitrogens with one attached hydrogen (secondary N) is 1. The summed E-state index contributed by atoms with van der Waals surface area (Å²) in [6, 6.07) is 12.4. The maximum atomic E-state index is 12.1. The number of benzene rings is 2. The van der Waals surface area contributed by atoms with Crippen LogP contribution in [0.2, 0.25) is 0 Å². The Morgan fingerprint density at radius 3 is 2.15 bits per heavy atom. The van der Waals surface area contributed by atoms with E-state index in [4.69, 9.17) is 0 Å². The monoisotopic (exact) mass is 273 g/mol. The lowest BCUT2D eigenvalue weighted by Gasteiger charge is -2.17. The van der Waals surface area contributed by atoms with Crippen molar-refractivity contribution in [1.29, 1.82) is 0 Å². The average molecular weight is 273 g/mol. The molecule has 0 bridgehead atoms. The molecular formula is C15H15NO4. The van der Waals surface area contributed by atoms with Gasteiger partial charge in [0, 0.05) is 0 Å². The van der Waals surface area contributed by atoms with Crippen molar-refractivity contribution in [3.05, 3.63) is 59.7 Å². The van der Waals surface area contributed by atoms with E-state index in [0.29, 0.717) is 0 Å². The predicted molar refractivity (Wildman–Crippen MR) is 73.5 cm³/mol. The molecule has 0 radical (unpaired) electrons. The Kier molecular flexibility index (Phi) is 4.22. The molecule has 0 spiro atoms. The molecule has 2 aromatic carbocycles. The second kappa shape index (κ2) is 6.08. The number of hydrogen-bond acceptors (Lipinski definition) is 4. The van der Waals surface area contributed by atoms with Crippen molar-refractivity contribution >= 4 is 5.91 Å². The molecule has 2 aromatic rings. The predicted octanol–water partition coefficient (Wildman–Crippen LogP) is 1.56. The van der Waals surface area contributed by atoms with Crippen LogP contribution in [0.1, 0.15) is 22.0 Å². The highest BCUT2D eigenvalue weighted by Crippen LogP contribution is 2.26. The quantitative estimate of drug-likeness (QED) is 0.680. The van der Waals surface area contributed by atoms with Gasteiger partial charge in [0.1, 0.15) is 17.1 Å². The smallest absolute Gasteiger partial charge is 0.259 e. The summed E-state index contributed by atoms with van der Waals surface area (Å²) in [6.45, 7) is -0.288. The van der Waals surface area contributed by atoms with Crippen molar-refractivity contribution < 1.29 is 20.1 Å². The zero-order valence-electron chi connectivity index (χ0n) is 10.7. The third-order valence-electron chi connectivity index (χ3n) is 2.94. The van der Waals surface area contributed by atoms with Crippen LogP contribution in [-0.2, 0) is 0 Å². The molecule has 0 saturated carbocycles. The molecule has 0 aliphatic rings. The van der Waals surface area contributed by atoms with E-state index < -0.39 is 11.9 Å². The van der Waals surface area contributed by atoms with Crippen LogP contribution in [0.25, 0.3) is 0 Å². The standard InChI is InChI=1S/C15H15NO4/c17-9-11(10-5-2-1-3-6-10)16-15(20)14-12(18)7-4-8-13(14)19/h1-8,11,17-19H,9H2,(H,16,20). The lowest BCUT2D eigenvalue weighted by Crippen LogP contribution is -2.30. The Morgan fingerprint density at radius 2 is 1.60 bits per heavy atom. The summed E-state index contributed by atoms with van der Waals surface area (Å²) in [7, 11) is 0. The second-order valence-electron chi connectivity index (χ2n) is 4.29. The van der Waals surface area contributed by atoms with Gasteiger partial charge < -0.3 is 20.6 Å². The maximum Gasteiger partial charge on any atom is 0.259 e. The molecule has 5 nitrogen and oxygen atoms in total. The van der Waals surface area contributed by atoms with Crippen LogP contribution in [0.15, 0.2) is 48.5 Å². The van der Waals surface area contributed by atoms with Crippen LogP contribution in [0.4, 0.5) is 0 Å². The molecule has 0 fully saturated rings. The molecule has 1 amide bonds. The fourth-order valence-electron chi connectivity index (χ4n) is 1.91. The summed E-state index contributed by atoms with van der Waals surface area (Å²) in [4.78, 5) is 12.1. The highest BCUT2D eigenvalue weighted by molar-refractivity contribution is 5.99. The number of rotatable bonds is 4. The Morgan fingerprint density at radius 1 is 1.00 bits per heavy atom. The summed E-state index contributed by atoms with van der Waals surface area (Å²) < 4.78 is 0. The molecule has 0 saturated heterocycles. The van der Waals surface area contributed by atoms with Crippen molar-refractivity contribution in [3.8, 4) is 11.5 Å². The average Bonchev–Trinajstić information content (AvgIpc) is 2.45. The SMILES string of the molecule is O=C(NC(CO)c1ccccc1)c1c(O)cccc1O. The normalized spacial score (nSPS) is 11.8. The number of hydrogen-bond donors (Lipinski definition) is 4. The van der Waals surface area contributed by atoms with Crippen molar-refractivity contribution in [1.82, 2.24) is 5.32 Å². The molecule has 4 N–H and O–H groups in total. The summed E-state index contributed by atoms with van der Waals surface area (Å²) >= 11 is 0. The van der Waals surface area contributed by atoms with E-state index in [9.17, 15) is 20.1 Å². The maximum absolute atomic E-state index is 12.1. The first-order valence-electron chi connectivity index (χ1n) is 6.11. The number of phenolic OH excluding ortho intramolecular Hbond substituents is 2. The fourth-order valence-corrected chi connectivity index (χ4v) is 1.91. The minimum Gasteiger partial charge on any atom is -0.507 e. The lowest BCUT2D eigenvalue weighted by molar-refractivity contribution is 0.0910. The Balaban J connectivity index is 2.22. The van der Waals surface area contributed by atoms with E-state index in [0.717, 1.165) is 5.56 Å². The molecule has 1 unspecified atom stereocenters. The zero-order valence-corrected chi connectivity index (χ0v) is 10.7. The lowest BCUT2D eigenvalue weighted by atomic mass is 10.1. The first-order valence-corrected chi connectivity index (χ1v) is 6.11. The molecule has 104 valence electrons. The first kappa shape index (κ1) is 13.9. The first-order chi connectivity index (χ1) is 9.63. The second-order valence-corrected chi connectivity index (χ2v) is 4.29. The number of carbonyl (C=O) groups excluding carboxylic acids is 1. The van der Waals surface area contributed by atoms with E-state index in [1.54, 1.807) is 24.3 Å². The van der Waals surface area contributed by atoms with Crippen molar-refractivity contribution in [2.24, 2.45) is 0 Å². The van der Waals surface area contributed by atoms with Crippen LogP contribution in [0.3, 0.4) is 0 Å². The van der Waals surface area contributed by atoms with Gasteiger partial charge in [-0.3, -0.25) is 4.79 Å². The van der Waals surface area contributed by atoms with E-state index in [-0.39, 0.29) is 23.7 Å². The minimum atomic E-state index is -0.650. The van der Waals surface area contributed by atoms with Crippen molar-refractivity contribution in [3.63, 3.8) is 0 Å². The number of amides is 1. The number of aliphatic hydroxyl groups is 1. The van der Waals surface area contributed by atoms with E-state index in [2.05, 4.69) is 5.32 Å². The summed E-state index contributed by atoms with van der Waals surface area (Å²) in [5, 5.41) is 31.2. The third-order valence-corrected chi connectivity index (χ3v) is 2.94. The molecule has 0 aliphatic heterocycles. The van der Waals surface area contributed by atoms with Crippen LogP contribution in [0.5, 0.6) is 11.5 Å². The van der Waals surface area contributed by atoms with E-state index >= 15 is 0 Å². The van der Waals surface area contributed by atoms with Gasteiger partial charge >= 0.3 is 0 Å². The van der Waals surface area contributed by atoms with Crippen LogP contribution in [-0.4, -0.2) is 27.8 Å². The molecule has 0 aromatic heterocycles. The molecule has 2 rings (SSSR count). The topological polar surface area (TPSA) is 89.8 Å². The van der Waals surface area contributed by atoms with Crippen molar-refractivity contribution in [2.45, 2.75) is 6.04 Å². The molecule has 0 heterocycles. The summed E-state index contributed by atoms with van der Waals surface area (Å²) in [5.74, 6) is -1.27. The number of phenols is 2. The molecular weight excluding hydrogens is 258 g/mol. The highest BCUT2D eigenvalue weighted by Gasteiger charge is 2.20. The van der Waals surface area contributed by atoms with Gasteiger partial charge in [-0.2, -0.15) is 0 Å². The fraction of sp³-hybridized carbons (Fsp3) is 0.133. The van der Waals surface area contributed by atoms with Crippen LogP contribution in [0, 0.1) is 0 Å². The number of aliphatic hydroxyl groups excluding tert-OH is 1. The highest BCUT2D eigenvalue weighted by atomic mass is 16.3. The molecule has 20 heavy (non-hydrogen) atoms. The van der Waals surface area contributed by atoms with Crippen LogP contribution >= 0.6 is 0 Å². The third kappa shape index (κ3) is 2.89. The summed E-state index contributed by atoms with van der Waals surface area (Å²) in [6.07, 6.45) is 0. The zero-order chi connectivity index (χ0) is 14.5. The molecule has 5 heteroatoms. The van der Waals surface area contributed by atoms with Gasteiger partial charge in [0.15, 0.2) is 0 Å². The van der Waals surface area contributed by atoms with Gasteiger partial charge in [0.2, 0.25) is 0 Å². The van der Waals surface area contributed by atoms with Gasteiger partial charge in [0.25, 0.3) is 5.91 Å².